The topological polar surface area (TPSA) is 61.3 Å². The summed E-state index contributed by atoms with van der Waals surface area (Å²) in [5.74, 6) is 0.768. The molecular formula is C21H32N2O. The van der Waals surface area contributed by atoms with Gasteiger partial charge in [0, 0.05) is 0 Å². The highest BCUT2D eigenvalue weighted by atomic mass is 16.5. The third kappa shape index (κ3) is 8.02. The number of hydrogen-bond acceptors (Lipinski definition) is 3. The monoisotopic (exact) mass is 328 g/mol. The summed E-state index contributed by atoms with van der Waals surface area (Å²) in [6.45, 7) is 5.73. The predicted octanol–water partition coefficient (Wildman–Crippen LogP) is 4.94. The molecule has 0 fully saturated rings. The van der Waals surface area contributed by atoms with Crippen LogP contribution >= 0.6 is 0 Å². The van der Waals surface area contributed by atoms with Gasteiger partial charge in [-0.25, -0.2) is 0 Å². The third-order valence-corrected chi connectivity index (χ3v) is 3.69. The molecule has 0 amide bonds. The van der Waals surface area contributed by atoms with Crippen LogP contribution in [0.25, 0.3) is 0 Å². The van der Waals surface area contributed by atoms with Crippen molar-refractivity contribution in [2.45, 2.75) is 52.6 Å². The Balaban J connectivity index is 0.000000505. The fourth-order valence-electron chi connectivity index (χ4n) is 2.21. The molecule has 0 saturated heterocycles. The number of unbranched alkanes of at least 4 members (excludes halogenated alkanes) is 2. The SMILES string of the molecule is CCCCN.CCCCc1ccc(OCc2ccccc2)c(N)c1. The number of nitrogen functional groups attached to an aromatic ring is 1. The van der Waals surface area contributed by atoms with E-state index >= 15 is 0 Å². The van der Waals surface area contributed by atoms with E-state index in [1.807, 2.05) is 42.5 Å². The molecule has 24 heavy (non-hydrogen) atoms. The van der Waals surface area contributed by atoms with Gasteiger partial charge < -0.3 is 16.2 Å². The first-order chi connectivity index (χ1) is 11.7. The van der Waals surface area contributed by atoms with E-state index in [4.69, 9.17) is 16.2 Å². The van der Waals surface area contributed by atoms with Crippen molar-refractivity contribution in [2.75, 3.05) is 12.3 Å². The molecular weight excluding hydrogens is 296 g/mol. The number of nitrogens with two attached hydrogens (primary N) is 2. The lowest BCUT2D eigenvalue weighted by Gasteiger charge is -2.10. The van der Waals surface area contributed by atoms with Gasteiger partial charge in [0.05, 0.1) is 5.69 Å². The van der Waals surface area contributed by atoms with Gasteiger partial charge in [-0.2, -0.15) is 0 Å². The fraction of sp³-hybridized carbons (Fsp3) is 0.429. The van der Waals surface area contributed by atoms with Crippen molar-refractivity contribution in [3.8, 4) is 5.75 Å². The molecule has 0 aliphatic heterocycles. The number of ether oxygens (including phenoxy) is 1. The molecule has 0 aromatic heterocycles. The van der Waals surface area contributed by atoms with Crippen LogP contribution in [0.15, 0.2) is 48.5 Å². The Hall–Kier alpha value is -2.00. The smallest absolute Gasteiger partial charge is 0.142 e. The minimum atomic E-state index is 0.555. The minimum Gasteiger partial charge on any atom is -0.487 e. The average molecular weight is 329 g/mol. The van der Waals surface area contributed by atoms with Crippen molar-refractivity contribution < 1.29 is 4.74 Å². The fourth-order valence-corrected chi connectivity index (χ4v) is 2.21. The highest BCUT2D eigenvalue weighted by Gasteiger charge is 2.02. The first kappa shape index (κ1) is 20.0. The molecule has 0 radical (unpaired) electrons. The van der Waals surface area contributed by atoms with Crippen molar-refractivity contribution >= 4 is 5.69 Å². The van der Waals surface area contributed by atoms with Gasteiger partial charge in [0.1, 0.15) is 12.4 Å². The molecule has 4 N–H and O–H groups in total. The number of aryl methyl sites for hydroxylation is 1. The Morgan fingerprint density at radius 1 is 0.875 bits per heavy atom. The van der Waals surface area contributed by atoms with E-state index in [1.165, 1.54) is 31.2 Å². The largest absolute Gasteiger partial charge is 0.487 e. The van der Waals surface area contributed by atoms with Crippen LogP contribution in [0.3, 0.4) is 0 Å². The van der Waals surface area contributed by atoms with Gasteiger partial charge in [-0.05, 0) is 49.1 Å². The van der Waals surface area contributed by atoms with Crippen molar-refractivity contribution in [2.24, 2.45) is 5.73 Å². The van der Waals surface area contributed by atoms with Crippen LogP contribution in [0.2, 0.25) is 0 Å². The van der Waals surface area contributed by atoms with Crippen LogP contribution in [0.4, 0.5) is 5.69 Å². The predicted molar refractivity (Wildman–Crippen MR) is 104 cm³/mol. The summed E-state index contributed by atoms with van der Waals surface area (Å²) in [7, 11) is 0. The van der Waals surface area contributed by atoms with Crippen LogP contribution < -0.4 is 16.2 Å². The maximum Gasteiger partial charge on any atom is 0.142 e. The van der Waals surface area contributed by atoms with E-state index in [9.17, 15) is 0 Å². The summed E-state index contributed by atoms with van der Waals surface area (Å²) in [6, 6.07) is 16.2. The van der Waals surface area contributed by atoms with E-state index in [-0.39, 0.29) is 0 Å². The molecule has 0 aliphatic rings. The summed E-state index contributed by atoms with van der Waals surface area (Å²) in [6.07, 6.45) is 5.87. The quantitative estimate of drug-likeness (QED) is 0.675. The number of anilines is 1. The van der Waals surface area contributed by atoms with Crippen LogP contribution in [0.5, 0.6) is 5.75 Å². The van der Waals surface area contributed by atoms with Crippen LogP contribution in [0.1, 0.15) is 50.7 Å². The van der Waals surface area contributed by atoms with Gasteiger partial charge in [-0.1, -0.05) is 63.1 Å². The van der Waals surface area contributed by atoms with Gasteiger partial charge >= 0.3 is 0 Å². The standard InChI is InChI=1S/C17H21NO.C4H11N/c1-2-3-7-14-10-11-17(16(18)12-14)19-13-15-8-5-4-6-9-15;1-2-3-4-5/h4-6,8-12H,2-3,7,13,18H2,1H3;2-5H2,1H3. The molecule has 0 aliphatic carbocycles. The Morgan fingerprint density at radius 3 is 2.12 bits per heavy atom. The molecule has 3 heteroatoms. The van der Waals surface area contributed by atoms with Crippen molar-refractivity contribution in [1.82, 2.24) is 0 Å². The van der Waals surface area contributed by atoms with E-state index in [2.05, 4.69) is 19.9 Å². The van der Waals surface area contributed by atoms with Crippen molar-refractivity contribution in [3.05, 3.63) is 59.7 Å². The number of benzene rings is 2. The highest BCUT2D eigenvalue weighted by molar-refractivity contribution is 5.54. The maximum absolute atomic E-state index is 6.03. The van der Waals surface area contributed by atoms with E-state index in [1.54, 1.807) is 0 Å². The summed E-state index contributed by atoms with van der Waals surface area (Å²) >= 11 is 0. The van der Waals surface area contributed by atoms with Crippen LogP contribution in [-0.4, -0.2) is 6.54 Å². The zero-order valence-electron chi connectivity index (χ0n) is 15.1. The summed E-state index contributed by atoms with van der Waals surface area (Å²) < 4.78 is 5.76. The van der Waals surface area contributed by atoms with Gasteiger partial charge in [0.25, 0.3) is 0 Å². The molecule has 0 spiro atoms. The first-order valence-corrected chi connectivity index (χ1v) is 8.96. The molecule has 2 rings (SSSR count). The molecule has 0 unspecified atom stereocenters. The average Bonchev–Trinajstić information content (AvgIpc) is 2.61. The van der Waals surface area contributed by atoms with Gasteiger partial charge in [0.15, 0.2) is 0 Å². The van der Waals surface area contributed by atoms with Gasteiger partial charge in [-0.3, -0.25) is 0 Å². The third-order valence-electron chi connectivity index (χ3n) is 3.69. The van der Waals surface area contributed by atoms with E-state index in [0.29, 0.717) is 6.61 Å². The van der Waals surface area contributed by atoms with Gasteiger partial charge in [0.2, 0.25) is 0 Å². The van der Waals surface area contributed by atoms with E-state index in [0.717, 1.165) is 30.0 Å². The lowest BCUT2D eigenvalue weighted by atomic mass is 10.1. The Morgan fingerprint density at radius 2 is 1.58 bits per heavy atom. The molecule has 0 atom stereocenters. The first-order valence-electron chi connectivity index (χ1n) is 8.96. The van der Waals surface area contributed by atoms with E-state index < -0.39 is 0 Å². The number of hydrogen-bond donors (Lipinski definition) is 2. The van der Waals surface area contributed by atoms with Gasteiger partial charge in [-0.15, -0.1) is 0 Å². The Kier molecular flexibility index (Phi) is 10.4. The molecule has 132 valence electrons. The van der Waals surface area contributed by atoms with Crippen LogP contribution in [-0.2, 0) is 13.0 Å². The second-order valence-corrected chi connectivity index (χ2v) is 5.89. The molecule has 2 aromatic carbocycles. The summed E-state index contributed by atoms with van der Waals surface area (Å²) in [5, 5.41) is 0. The van der Waals surface area contributed by atoms with Crippen molar-refractivity contribution in [3.63, 3.8) is 0 Å². The lowest BCUT2D eigenvalue weighted by molar-refractivity contribution is 0.308. The van der Waals surface area contributed by atoms with Crippen LogP contribution in [0, 0.1) is 0 Å². The Labute approximate surface area is 147 Å². The normalized spacial score (nSPS) is 9.96. The highest BCUT2D eigenvalue weighted by Crippen LogP contribution is 2.24. The second-order valence-electron chi connectivity index (χ2n) is 5.89. The van der Waals surface area contributed by atoms with Crippen molar-refractivity contribution in [1.29, 1.82) is 0 Å². The zero-order valence-corrected chi connectivity index (χ0v) is 15.1. The zero-order chi connectivity index (χ0) is 17.6. The molecule has 3 nitrogen and oxygen atoms in total. The molecule has 0 saturated carbocycles. The molecule has 0 heterocycles. The molecule has 2 aromatic rings. The molecule has 0 bridgehead atoms. The second kappa shape index (κ2) is 12.4. The maximum atomic E-state index is 6.03. The minimum absolute atomic E-state index is 0.555. The number of rotatable bonds is 8. The summed E-state index contributed by atoms with van der Waals surface area (Å²) in [4.78, 5) is 0. The lowest BCUT2D eigenvalue weighted by Crippen LogP contribution is -1.99. The Bertz CT molecular complexity index is 553. The summed E-state index contributed by atoms with van der Waals surface area (Å²) in [5.41, 5.74) is 14.3.